The first-order valence-electron chi connectivity index (χ1n) is 1.24. The Morgan fingerprint density at radius 1 is 1.22 bits per heavy atom. The van der Waals surface area contributed by atoms with Crippen molar-refractivity contribution >= 4 is 5.97 Å². The number of carbonyl (C=O) groups is 1. The lowest BCUT2D eigenvalue weighted by atomic mass is 10.7. The van der Waals surface area contributed by atoms with Crippen LogP contribution in [0.15, 0.2) is 0 Å². The van der Waals surface area contributed by atoms with Gasteiger partial charge in [0.15, 0.2) is 0 Å². The van der Waals surface area contributed by atoms with Crippen molar-refractivity contribution in [2.45, 2.75) is 6.18 Å². The van der Waals surface area contributed by atoms with Gasteiger partial charge in [0, 0.05) is 0 Å². The smallest absolute Gasteiger partial charge is 0.475 e. The fraction of sp³-hybridized carbons (Fsp3) is 0.500. The zero-order chi connectivity index (χ0) is 6.08. The lowest BCUT2D eigenvalue weighted by Gasteiger charge is -1.93. The highest BCUT2D eigenvalue weighted by atomic mass is 19.4. The molecule has 0 radical (unpaired) electrons. The largest absolute Gasteiger partial charge is 0.490 e. The molecule has 0 bridgehead atoms. The van der Waals surface area contributed by atoms with Gasteiger partial charge in [-0.3, -0.25) is 9.41 Å². The number of aliphatic carboxylic acids is 1. The Hall–Kier alpha value is -0.880. The highest BCUT2D eigenvalue weighted by Gasteiger charge is 2.38. The molecule has 0 fully saturated rings. The molecule has 2 nitrogen and oxygen atoms in total. The Morgan fingerprint density at radius 2 is 1.33 bits per heavy atom. The van der Waals surface area contributed by atoms with Gasteiger partial charge in [0.25, 0.3) is 0 Å². The van der Waals surface area contributed by atoms with Gasteiger partial charge in [-0.05, 0) is 0 Å². The zero-order valence-corrected chi connectivity index (χ0v) is 3.81. The maximum absolute atomic E-state index is 10.6. The topological polar surface area (TPSA) is 37.3 Å². The summed E-state index contributed by atoms with van der Waals surface area (Å²) in [5, 5.41) is 7.12. The third-order valence-electron chi connectivity index (χ3n) is 0.243. The van der Waals surface area contributed by atoms with Crippen LogP contribution in [0.1, 0.15) is 0 Å². The third-order valence-corrected chi connectivity index (χ3v) is 0.243. The van der Waals surface area contributed by atoms with Gasteiger partial charge in [-0.25, -0.2) is 4.79 Å². The summed E-state index contributed by atoms with van der Waals surface area (Å²) in [5.74, 6) is -2.76. The summed E-state index contributed by atoms with van der Waals surface area (Å²) in [6, 6.07) is 0. The lowest BCUT2D eigenvalue weighted by Crippen LogP contribution is -2.21. The molecule has 7 heteroatoms. The summed E-state index contributed by atoms with van der Waals surface area (Å²) < 4.78 is 31.7. The van der Waals surface area contributed by atoms with E-state index in [9.17, 15) is 13.2 Å². The Bertz CT molecular complexity index is 85.4. The average molecular weight is 154 g/mol. The second-order valence-corrected chi connectivity index (χ2v) is 0.803. The SMILES string of the molecule is F.F.O=C(O)C(F)(F)F. The van der Waals surface area contributed by atoms with E-state index in [2.05, 4.69) is 0 Å². The van der Waals surface area contributed by atoms with Crippen LogP contribution in [0.2, 0.25) is 0 Å². The molecule has 0 aliphatic heterocycles. The Labute approximate surface area is 46.0 Å². The molecule has 0 saturated carbocycles. The molecule has 0 unspecified atom stereocenters. The van der Waals surface area contributed by atoms with E-state index in [1.54, 1.807) is 0 Å². The fourth-order valence-corrected chi connectivity index (χ4v) is 0. The number of alkyl halides is 3. The maximum atomic E-state index is 10.6. The van der Waals surface area contributed by atoms with Crippen LogP contribution in [0.3, 0.4) is 0 Å². The van der Waals surface area contributed by atoms with E-state index in [0.717, 1.165) is 0 Å². The van der Waals surface area contributed by atoms with Gasteiger partial charge in [-0.15, -0.1) is 0 Å². The number of carboxylic acid groups (broad SMARTS) is 1. The van der Waals surface area contributed by atoms with Crippen LogP contribution in [-0.4, -0.2) is 17.3 Å². The monoisotopic (exact) mass is 154 g/mol. The zero-order valence-electron chi connectivity index (χ0n) is 3.81. The molecule has 0 amide bonds. The quantitative estimate of drug-likeness (QED) is 0.527. The molecule has 0 heterocycles. The lowest BCUT2D eigenvalue weighted by molar-refractivity contribution is -0.192. The predicted molar refractivity (Wildman–Crippen MR) is 18.7 cm³/mol. The highest BCUT2D eigenvalue weighted by molar-refractivity contribution is 5.73. The van der Waals surface area contributed by atoms with E-state index in [1.807, 2.05) is 0 Å². The molecule has 0 aliphatic carbocycles. The van der Waals surface area contributed by atoms with Gasteiger partial charge in [0.2, 0.25) is 0 Å². The Kier molecular flexibility index (Phi) is 7.06. The minimum Gasteiger partial charge on any atom is -0.475 e. The van der Waals surface area contributed by atoms with Crippen LogP contribution in [0.4, 0.5) is 22.6 Å². The van der Waals surface area contributed by atoms with Crippen molar-refractivity contribution < 1.29 is 32.5 Å². The van der Waals surface area contributed by atoms with Crippen molar-refractivity contribution in [3.05, 3.63) is 0 Å². The molecule has 0 aliphatic rings. The van der Waals surface area contributed by atoms with Crippen molar-refractivity contribution in [1.29, 1.82) is 0 Å². The minimum absolute atomic E-state index is 0. The van der Waals surface area contributed by atoms with Crippen LogP contribution in [0, 0.1) is 0 Å². The summed E-state index contributed by atoms with van der Waals surface area (Å²) >= 11 is 0. The number of hydrogen-bond acceptors (Lipinski definition) is 1. The minimum atomic E-state index is -5.08. The van der Waals surface area contributed by atoms with Crippen LogP contribution in [0.25, 0.3) is 0 Å². The first-order valence-corrected chi connectivity index (χ1v) is 1.24. The van der Waals surface area contributed by atoms with Crippen molar-refractivity contribution in [2.24, 2.45) is 0 Å². The molecular formula is C2H3F5O2. The van der Waals surface area contributed by atoms with E-state index in [4.69, 9.17) is 9.90 Å². The fourth-order valence-electron chi connectivity index (χ4n) is 0. The van der Waals surface area contributed by atoms with E-state index in [0.29, 0.717) is 0 Å². The Balaban J connectivity index is -0.000000180. The highest BCUT2D eigenvalue weighted by Crippen LogP contribution is 2.13. The van der Waals surface area contributed by atoms with Crippen LogP contribution >= 0.6 is 0 Å². The standard InChI is InChI=1S/C2HF3O2.2FH/c3-2(4,5)1(6)7;;/h(H,6,7);2*1H. The average Bonchev–Trinajstić information content (AvgIpc) is 1.31. The molecule has 0 saturated heterocycles. The number of hydrogen-bond donors (Lipinski definition) is 1. The summed E-state index contributed by atoms with van der Waals surface area (Å²) in [4.78, 5) is 8.90. The molecule has 58 valence electrons. The second-order valence-electron chi connectivity index (χ2n) is 0.803. The van der Waals surface area contributed by atoms with Crippen LogP contribution in [0.5, 0.6) is 0 Å². The van der Waals surface area contributed by atoms with E-state index in [-0.39, 0.29) is 9.41 Å². The number of carboxylic acids is 1. The first kappa shape index (κ1) is 15.7. The van der Waals surface area contributed by atoms with Crippen LogP contribution in [-0.2, 0) is 4.79 Å². The van der Waals surface area contributed by atoms with Crippen molar-refractivity contribution in [3.8, 4) is 0 Å². The molecule has 1 N–H and O–H groups in total. The van der Waals surface area contributed by atoms with Gasteiger partial charge in [0.1, 0.15) is 0 Å². The van der Waals surface area contributed by atoms with Crippen molar-refractivity contribution in [2.75, 3.05) is 0 Å². The second kappa shape index (κ2) is 4.04. The summed E-state index contributed by atoms with van der Waals surface area (Å²) in [7, 11) is 0. The number of halogens is 5. The first-order chi connectivity index (χ1) is 2.94. The molecule has 0 aromatic heterocycles. The summed E-state index contributed by atoms with van der Waals surface area (Å²) in [6.07, 6.45) is -5.08. The molecule has 0 rings (SSSR count). The summed E-state index contributed by atoms with van der Waals surface area (Å²) in [5.41, 5.74) is 0. The molecule has 0 aromatic rings. The third kappa shape index (κ3) is 7.12. The van der Waals surface area contributed by atoms with Gasteiger partial charge < -0.3 is 5.11 Å². The molecule has 0 spiro atoms. The van der Waals surface area contributed by atoms with Gasteiger partial charge in [-0.2, -0.15) is 13.2 Å². The normalized spacial score (nSPS) is 8.78. The van der Waals surface area contributed by atoms with Gasteiger partial charge in [-0.1, -0.05) is 0 Å². The summed E-state index contributed by atoms with van der Waals surface area (Å²) in [6.45, 7) is 0. The predicted octanol–water partition coefficient (Wildman–Crippen LogP) is 0.938. The molecule has 0 aromatic carbocycles. The van der Waals surface area contributed by atoms with Gasteiger partial charge in [0.05, 0.1) is 0 Å². The van der Waals surface area contributed by atoms with Crippen LogP contribution < -0.4 is 0 Å². The number of rotatable bonds is 0. The molecular weight excluding hydrogens is 151 g/mol. The Morgan fingerprint density at radius 3 is 1.33 bits per heavy atom. The molecule has 9 heavy (non-hydrogen) atoms. The van der Waals surface area contributed by atoms with E-state index in [1.165, 1.54) is 0 Å². The van der Waals surface area contributed by atoms with Gasteiger partial charge >= 0.3 is 12.1 Å². The molecule has 0 atom stereocenters. The van der Waals surface area contributed by atoms with Crippen molar-refractivity contribution in [1.82, 2.24) is 0 Å². The van der Waals surface area contributed by atoms with Crippen molar-refractivity contribution in [3.63, 3.8) is 0 Å². The van der Waals surface area contributed by atoms with E-state index < -0.39 is 12.1 Å². The van der Waals surface area contributed by atoms with E-state index >= 15 is 0 Å². The maximum Gasteiger partial charge on any atom is 0.490 e.